The van der Waals surface area contributed by atoms with Crippen molar-refractivity contribution in [2.75, 3.05) is 67.2 Å². The molecule has 0 saturated carbocycles. The number of nitrogens with one attached hydrogen (secondary N) is 2. The van der Waals surface area contributed by atoms with Gasteiger partial charge in [0.05, 0.1) is 60.1 Å². The second kappa shape index (κ2) is 15.7. The Morgan fingerprint density at radius 2 is 1.92 bits per heavy atom. The Balaban J connectivity index is 1.21. The molecule has 2 atom stereocenters. The van der Waals surface area contributed by atoms with Crippen molar-refractivity contribution in [3.8, 4) is 5.75 Å². The SMILES string of the molecule is C=CC(=O)Nc1cc(Nc2cc(N3OCC[C@@H]3Cc3cccc(Cl)c3Cl)ncn2)c(OC)cc1N1CCC(N2CCOC[C@@H]2CC)CC1. The van der Waals surface area contributed by atoms with Crippen LogP contribution in [0, 0.1) is 0 Å². The van der Waals surface area contributed by atoms with Gasteiger partial charge in [-0.15, -0.1) is 0 Å². The fourth-order valence-corrected chi connectivity index (χ4v) is 7.30. The predicted octanol–water partition coefficient (Wildman–Crippen LogP) is 6.49. The molecule has 3 aliphatic heterocycles. The van der Waals surface area contributed by atoms with Crippen LogP contribution in [0.3, 0.4) is 0 Å². The number of aromatic nitrogens is 2. The van der Waals surface area contributed by atoms with Crippen LogP contribution in [-0.2, 0) is 20.8 Å². The summed E-state index contributed by atoms with van der Waals surface area (Å²) in [4.78, 5) is 32.5. The molecule has 6 rings (SSSR count). The summed E-state index contributed by atoms with van der Waals surface area (Å²) in [5.74, 6) is 1.48. The lowest BCUT2D eigenvalue weighted by Gasteiger charge is -2.45. The fraction of sp³-hybridized carbons (Fsp3) is 0.457. The first-order valence-electron chi connectivity index (χ1n) is 16.6. The van der Waals surface area contributed by atoms with Crippen LogP contribution in [0.15, 0.2) is 55.4 Å². The number of ether oxygens (including phenoxy) is 2. The number of carbonyl (C=O) groups is 1. The highest BCUT2D eigenvalue weighted by atomic mass is 35.5. The Kier molecular flexibility index (Phi) is 11.2. The number of anilines is 5. The Morgan fingerprint density at radius 3 is 2.69 bits per heavy atom. The summed E-state index contributed by atoms with van der Waals surface area (Å²) in [6.07, 6.45) is 7.36. The number of hydrogen-bond donors (Lipinski definition) is 2. The fourth-order valence-electron chi connectivity index (χ4n) is 6.90. The van der Waals surface area contributed by atoms with Gasteiger partial charge in [0.25, 0.3) is 0 Å². The zero-order valence-corrected chi connectivity index (χ0v) is 29.0. The summed E-state index contributed by atoms with van der Waals surface area (Å²) < 4.78 is 11.6. The van der Waals surface area contributed by atoms with Gasteiger partial charge < -0.3 is 25.0 Å². The van der Waals surface area contributed by atoms with Gasteiger partial charge in [-0.25, -0.2) is 15.0 Å². The minimum atomic E-state index is -0.289. The smallest absolute Gasteiger partial charge is 0.247 e. The molecule has 3 fully saturated rings. The molecule has 1 aromatic heterocycles. The van der Waals surface area contributed by atoms with Gasteiger partial charge in [-0.3, -0.25) is 14.5 Å². The molecule has 13 heteroatoms. The quantitative estimate of drug-likeness (QED) is 0.216. The number of methoxy groups -OCH3 is 1. The van der Waals surface area contributed by atoms with Gasteiger partial charge in [0, 0.05) is 43.9 Å². The van der Waals surface area contributed by atoms with Crippen molar-refractivity contribution in [1.29, 1.82) is 0 Å². The van der Waals surface area contributed by atoms with Gasteiger partial charge in [-0.2, -0.15) is 0 Å². The highest BCUT2D eigenvalue weighted by Gasteiger charge is 2.32. The monoisotopic (exact) mass is 695 g/mol. The van der Waals surface area contributed by atoms with Gasteiger partial charge in [0.15, 0.2) is 5.82 Å². The minimum absolute atomic E-state index is 0.0125. The number of hydrogen-bond acceptors (Lipinski definition) is 10. The van der Waals surface area contributed by atoms with Crippen molar-refractivity contribution in [2.45, 2.75) is 57.2 Å². The van der Waals surface area contributed by atoms with Crippen molar-refractivity contribution in [2.24, 2.45) is 0 Å². The van der Waals surface area contributed by atoms with Gasteiger partial charge in [0.2, 0.25) is 5.91 Å². The maximum atomic E-state index is 12.6. The molecule has 48 heavy (non-hydrogen) atoms. The molecule has 1 amide bonds. The number of amides is 1. The van der Waals surface area contributed by atoms with E-state index in [1.165, 1.54) is 12.4 Å². The minimum Gasteiger partial charge on any atom is -0.494 e. The largest absolute Gasteiger partial charge is 0.494 e. The van der Waals surface area contributed by atoms with Crippen LogP contribution in [0.25, 0.3) is 0 Å². The van der Waals surface area contributed by atoms with E-state index in [0.29, 0.717) is 63.9 Å². The molecule has 4 heterocycles. The van der Waals surface area contributed by atoms with Crippen molar-refractivity contribution >= 4 is 57.8 Å². The van der Waals surface area contributed by atoms with E-state index >= 15 is 0 Å². The van der Waals surface area contributed by atoms with Crippen LogP contribution in [0.4, 0.5) is 28.7 Å². The number of benzene rings is 2. The Labute approximate surface area is 292 Å². The Bertz CT molecular complexity index is 1600. The summed E-state index contributed by atoms with van der Waals surface area (Å²) in [5, 5.41) is 9.29. The molecule has 2 aromatic carbocycles. The first-order valence-corrected chi connectivity index (χ1v) is 17.3. The van der Waals surface area contributed by atoms with Crippen molar-refractivity contribution in [3.05, 3.63) is 71.0 Å². The maximum absolute atomic E-state index is 12.6. The van der Waals surface area contributed by atoms with E-state index in [1.54, 1.807) is 13.2 Å². The Hall–Kier alpha value is -3.61. The predicted molar refractivity (Wildman–Crippen MR) is 191 cm³/mol. The zero-order valence-electron chi connectivity index (χ0n) is 27.5. The van der Waals surface area contributed by atoms with Crippen molar-refractivity contribution in [3.63, 3.8) is 0 Å². The average molecular weight is 697 g/mol. The number of piperidine rings is 1. The van der Waals surface area contributed by atoms with Gasteiger partial charge >= 0.3 is 0 Å². The molecule has 3 aliphatic rings. The third-order valence-corrected chi connectivity index (χ3v) is 10.3. The van der Waals surface area contributed by atoms with Gasteiger partial charge in [-0.1, -0.05) is 48.8 Å². The van der Waals surface area contributed by atoms with Crippen molar-refractivity contribution in [1.82, 2.24) is 14.9 Å². The molecule has 11 nitrogen and oxygen atoms in total. The number of halogens is 2. The number of hydroxylamine groups is 1. The molecule has 256 valence electrons. The van der Waals surface area contributed by atoms with Crippen LogP contribution in [0.2, 0.25) is 10.0 Å². The highest BCUT2D eigenvalue weighted by Crippen LogP contribution is 2.40. The summed E-state index contributed by atoms with van der Waals surface area (Å²) in [6, 6.07) is 12.3. The van der Waals surface area contributed by atoms with Crippen LogP contribution >= 0.6 is 23.2 Å². The number of nitrogens with zero attached hydrogens (tertiary/aromatic N) is 5. The summed E-state index contributed by atoms with van der Waals surface area (Å²) in [5.41, 5.74) is 3.15. The van der Waals surface area contributed by atoms with E-state index in [2.05, 4.69) is 43.9 Å². The molecule has 0 radical (unpaired) electrons. The number of carbonyl (C=O) groups excluding carboxylic acids is 1. The first kappa shape index (κ1) is 34.3. The van der Waals surface area contributed by atoms with Crippen LogP contribution in [0.1, 0.15) is 38.2 Å². The van der Waals surface area contributed by atoms with Crippen molar-refractivity contribution < 1.29 is 19.1 Å². The topological polar surface area (TPSA) is 104 Å². The maximum Gasteiger partial charge on any atom is 0.247 e. The summed E-state index contributed by atoms with van der Waals surface area (Å²) in [6.45, 7) is 10.7. The molecule has 0 bridgehead atoms. The lowest BCUT2D eigenvalue weighted by Crippen LogP contribution is -2.54. The van der Waals surface area contributed by atoms with Gasteiger partial charge in [-0.05, 0) is 55.9 Å². The lowest BCUT2D eigenvalue weighted by atomic mass is 9.98. The number of rotatable bonds is 11. The standard InChI is InChI=1S/C35H43Cl2N7O4/c1-4-24-21-47-16-14-43(24)25-9-12-42(13-10-25)30-19-31(46-3)29(18-28(30)41-34(45)5-2)40-32-20-33(39-22-38-32)44-26(11-15-48-44)17-23-7-6-8-27(36)35(23)37/h5-8,18-20,22,24-26H,2,4,9-17,21H2,1,3H3,(H,41,45)(H,38,39,40)/t24-,26+/m0/s1. The van der Waals surface area contributed by atoms with E-state index in [9.17, 15) is 4.79 Å². The molecule has 3 aromatic rings. The van der Waals surface area contributed by atoms with E-state index in [1.807, 2.05) is 35.4 Å². The van der Waals surface area contributed by atoms with E-state index in [4.69, 9.17) is 37.5 Å². The second-order valence-electron chi connectivity index (χ2n) is 12.3. The zero-order chi connectivity index (χ0) is 33.6. The van der Waals surface area contributed by atoms with Crippen LogP contribution in [0.5, 0.6) is 5.75 Å². The Morgan fingerprint density at radius 1 is 1.08 bits per heavy atom. The summed E-state index contributed by atoms with van der Waals surface area (Å²) in [7, 11) is 1.64. The normalized spacial score (nSPS) is 20.5. The molecular formula is C35H43Cl2N7O4. The second-order valence-corrected chi connectivity index (χ2v) is 13.0. The van der Waals surface area contributed by atoms with Crippen LogP contribution in [-0.4, -0.2) is 85.5 Å². The van der Waals surface area contributed by atoms with E-state index in [-0.39, 0.29) is 11.9 Å². The molecule has 0 spiro atoms. The molecule has 3 saturated heterocycles. The molecule has 2 N–H and O–H groups in total. The van der Waals surface area contributed by atoms with Gasteiger partial charge in [0.1, 0.15) is 17.9 Å². The molecule has 0 aliphatic carbocycles. The molecular weight excluding hydrogens is 653 g/mol. The van der Waals surface area contributed by atoms with E-state index in [0.717, 1.165) is 69.8 Å². The summed E-state index contributed by atoms with van der Waals surface area (Å²) >= 11 is 12.8. The van der Waals surface area contributed by atoms with Crippen LogP contribution < -0.4 is 25.3 Å². The highest BCUT2D eigenvalue weighted by molar-refractivity contribution is 6.42. The number of morpholine rings is 1. The average Bonchev–Trinajstić information content (AvgIpc) is 3.59. The third kappa shape index (κ3) is 7.66. The molecule has 0 unspecified atom stereocenters. The third-order valence-electron chi connectivity index (χ3n) is 9.42. The first-order chi connectivity index (χ1) is 23.4. The lowest BCUT2D eigenvalue weighted by molar-refractivity contribution is -0.111. The van der Waals surface area contributed by atoms with E-state index < -0.39 is 0 Å².